The molecular weight excluding hydrogens is 214 g/mol. The molecule has 17 heavy (non-hydrogen) atoms. The molecule has 0 unspecified atom stereocenters. The second-order valence-electron chi connectivity index (χ2n) is 4.44. The van der Waals surface area contributed by atoms with Crippen LogP contribution in [0.3, 0.4) is 0 Å². The van der Waals surface area contributed by atoms with Crippen molar-refractivity contribution in [2.24, 2.45) is 0 Å². The molecular formula is C13H19N3O. The van der Waals surface area contributed by atoms with E-state index in [1.54, 1.807) is 0 Å². The fourth-order valence-corrected chi connectivity index (χ4v) is 1.93. The highest BCUT2D eigenvalue weighted by molar-refractivity contribution is 5.77. The van der Waals surface area contributed by atoms with Crippen molar-refractivity contribution in [3.8, 4) is 0 Å². The van der Waals surface area contributed by atoms with Crippen molar-refractivity contribution in [3.63, 3.8) is 0 Å². The van der Waals surface area contributed by atoms with Gasteiger partial charge in [-0.05, 0) is 32.4 Å². The van der Waals surface area contributed by atoms with E-state index in [1.165, 1.54) is 0 Å². The summed E-state index contributed by atoms with van der Waals surface area (Å²) >= 11 is 0. The van der Waals surface area contributed by atoms with Gasteiger partial charge in [0.15, 0.2) is 0 Å². The third-order valence-corrected chi connectivity index (χ3v) is 2.83. The topological polar surface area (TPSA) is 52.1 Å². The van der Waals surface area contributed by atoms with Crippen molar-refractivity contribution in [3.05, 3.63) is 24.3 Å². The SMILES string of the molecule is CC(C)N(CCCO)c1nc2ccccc2[nH]1. The zero-order valence-electron chi connectivity index (χ0n) is 10.3. The van der Waals surface area contributed by atoms with Crippen molar-refractivity contribution in [1.29, 1.82) is 0 Å². The summed E-state index contributed by atoms with van der Waals surface area (Å²) in [4.78, 5) is 10.1. The number of hydrogen-bond donors (Lipinski definition) is 2. The number of nitrogens with one attached hydrogen (secondary N) is 1. The summed E-state index contributed by atoms with van der Waals surface area (Å²) in [5.74, 6) is 0.884. The maximum absolute atomic E-state index is 8.93. The first kappa shape index (κ1) is 11.9. The highest BCUT2D eigenvalue weighted by Gasteiger charge is 2.13. The third kappa shape index (κ3) is 2.58. The number of imidazole rings is 1. The fourth-order valence-electron chi connectivity index (χ4n) is 1.93. The molecule has 0 aliphatic rings. The van der Waals surface area contributed by atoms with E-state index in [2.05, 4.69) is 28.7 Å². The number of H-pyrrole nitrogens is 1. The molecule has 0 spiro atoms. The van der Waals surface area contributed by atoms with E-state index in [0.717, 1.165) is 29.9 Å². The van der Waals surface area contributed by atoms with E-state index in [-0.39, 0.29) is 6.61 Å². The number of aromatic nitrogens is 2. The number of rotatable bonds is 5. The average molecular weight is 233 g/mol. The molecule has 0 bridgehead atoms. The summed E-state index contributed by atoms with van der Waals surface area (Å²) in [5, 5.41) is 8.93. The van der Waals surface area contributed by atoms with Gasteiger partial charge in [-0.1, -0.05) is 12.1 Å². The van der Waals surface area contributed by atoms with Crippen LogP contribution in [-0.2, 0) is 0 Å². The summed E-state index contributed by atoms with van der Waals surface area (Å²) in [5.41, 5.74) is 2.04. The summed E-state index contributed by atoms with van der Waals surface area (Å²) in [6.07, 6.45) is 0.759. The summed E-state index contributed by atoms with van der Waals surface area (Å²) in [6.45, 7) is 5.28. The lowest BCUT2D eigenvalue weighted by Gasteiger charge is -2.25. The van der Waals surface area contributed by atoms with E-state index in [0.29, 0.717) is 6.04 Å². The largest absolute Gasteiger partial charge is 0.396 e. The van der Waals surface area contributed by atoms with Crippen molar-refractivity contribution in [2.45, 2.75) is 26.3 Å². The van der Waals surface area contributed by atoms with Gasteiger partial charge in [0.25, 0.3) is 0 Å². The van der Waals surface area contributed by atoms with E-state index in [4.69, 9.17) is 5.11 Å². The van der Waals surface area contributed by atoms with Crippen LogP contribution in [0.2, 0.25) is 0 Å². The number of nitrogens with zero attached hydrogens (tertiary/aromatic N) is 2. The fraction of sp³-hybridized carbons (Fsp3) is 0.462. The van der Waals surface area contributed by atoms with Gasteiger partial charge >= 0.3 is 0 Å². The number of aliphatic hydroxyl groups excluding tert-OH is 1. The van der Waals surface area contributed by atoms with Crippen LogP contribution < -0.4 is 4.90 Å². The van der Waals surface area contributed by atoms with E-state index in [1.807, 2.05) is 24.3 Å². The molecule has 2 N–H and O–H groups in total. The molecule has 1 aromatic heterocycles. The Kier molecular flexibility index (Phi) is 3.64. The zero-order valence-corrected chi connectivity index (χ0v) is 10.3. The van der Waals surface area contributed by atoms with E-state index >= 15 is 0 Å². The van der Waals surface area contributed by atoms with Crippen molar-refractivity contribution in [1.82, 2.24) is 9.97 Å². The second-order valence-corrected chi connectivity index (χ2v) is 4.44. The maximum Gasteiger partial charge on any atom is 0.204 e. The predicted octanol–water partition coefficient (Wildman–Crippen LogP) is 2.16. The third-order valence-electron chi connectivity index (χ3n) is 2.83. The van der Waals surface area contributed by atoms with Crippen LogP contribution in [0.4, 0.5) is 5.95 Å². The summed E-state index contributed by atoms with van der Waals surface area (Å²) < 4.78 is 0. The molecule has 0 amide bonds. The van der Waals surface area contributed by atoms with Crippen LogP contribution >= 0.6 is 0 Å². The minimum absolute atomic E-state index is 0.212. The Morgan fingerprint density at radius 1 is 1.35 bits per heavy atom. The minimum Gasteiger partial charge on any atom is -0.396 e. The van der Waals surface area contributed by atoms with Gasteiger partial charge in [-0.2, -0.15) is 0 Å². The van der Waals surface area contributed by atoms with Crippen LogP contribution in [0.5, 0.6) is 0 Å². The molecule has 4 nitrogen and oxygen atoms in total. The van der Waals surface area contributed by atoms with Gasteiger partial charge in [-0.15, -0.1) is 0 Å². The Bertz CT molecular complexity index is 445. The Morgan fingerprint density at radius 3 is 2.76 bits per heavy atom. The average Bonchev–Trinajstić information content (AvgIpc) is 2.72. The molecule has 0 aliphatic carbocycles. The van der Waals surface area contributed by atoms with Gasteiger partial charge in [0.05, 0.1) is 11.0 Å². The van der Waals surface area contributed by atoms with Gasteiger partial charge in [0, 0.05) is 19.2 Å². The molecule has 4 heteroatoms. The smallest absolute Gasteiger partial charge is 0.204 e. The molecule has 0 saturated heterocycles. The highest BCUT2D eigenvalue weighted by Crippen LogP contribution is 2.18. The van der Waals surface area contributed by atoms with Crippen LogP contribution in [0.25, 0.3) is 11.0 Å². The van der Waals surface area contributed by atoms with Crippen molar-refractivity contribution in [2.75, 3.05) is 18.1 Å². The molecule has 0 saturated carbocycles. The molecule has 0 atom stereocenters. The molecule has 0 fully saturated rings. The molecule has 0 aliphatic heterocycles. The van der Waals surface area contributed by atoms with Gasteiger partial charge in [0.1, 0.15) is 0 Å². The summed E-state index contributed by atoms with van der Waals surface area (Å²) in [7, 11) is 0. The first-order valence-corrected chi connectivity index (χ1v) is 6.04. The quantitative estimate of drug-likeness (QED) is 0.832. The number of fused-ring (bicyclic) bond motifs is 1. The first-order valence-electron chi connectivity index (χ1n) is 6.04. The lowest BCUT2D eigenvalue weighted by Crippen LogP contribution is -2.33. The lowest BCUT2D eigenvalue weighted by molar-refractivity contribution is 0.288. The number of anilines is 1. The van der Waals surface area contributed by atoms with E-state index in [9.17, 15) is 0 Å². The Morgan fingerprint density at radius 2 is 2.12 bits per heavy atom. The monoisotopic (exact) mass is 233 g/mol. The van der Waals surface area contributed by atoms with Crippen LogP contribution in [0.1, 0.15) is 20.3 Å². The van der Waals surface area contributed by atoms with E-state index < -0.39 is 0 Å². The highest BCUT2D eigenvalue weighted by atomic mass is 16.3. The van der Waals surface area contributed by atoms with Crippen molar-refractivity contribution < 1.29 is 5.11 Å². The van der Waals surface area contributed by atoms with Gasteiger partial charge in [-0.25, -0.2) is 4.98 Å². The van der Waals surface area contributed by atoms with Crippen LogP contribution in [-0.4, -0.2) is 34.3 Å². The maximum atomic E-state index is 8.93. The predicted molar refractivity (Wildman–Crippen MR) is 70.3 cm³/mol. The van der Waals surface area contributed by atoms with Crippen molar-refractivity contribution >= 4 is 17.0 Å². The standard InChI is InChI=1S/C13H19N3O/c1-10(2)16(8-5-9-17)13-14-11-6-3-4-7-12(11)15-13/h3-4,6-7,10,17H,5,8-9H2,1-2H3,(H,14,15). The molecule has 0 radical (unpaired) electrons. The second kappa shape index (κ2) is 5.19. The number of benzene rings is 1. The zero-order chi connectivity index (χ0) is 12.3. The Balaban J connectivity index is 2.28. The Labute approximate surface area is 101 Å². The Hall–Kier alpha value is -1.55. The van der Waals surface area contributed by atoms with Crippen LogP contribution in [0.15, 0.2) is 24.3 Å². The molecule has 2 aromatic rings. The molecule has 92 valence electrons. The number of aliphatic hydroxyl groups is 1. The number of aromatic amines is 1. The van der Waals surface area contributed by atoms with Gasteiger partial charge in [-0.3, -0.25) is 0 Å². The first-order chi connectivity index (χ1) is 8.22. The number of hydrogen-bond acceptors (Lipinski definition) is 3. The lowest BCUT2D eigenvalue weighted by atomic mass is 10.3. The van der Waals surface area contributed by atoms with Gasteiger partial charge < -0.3 is 15.0 Å². The summed E-state index contributed by atoms with van der Waals surface area (Å²) in [6, 6.07) is 8.37. The molecule has 2 rings (SSSR count). The molecule has 1 aromatic carbocycles. The minimum atomic E-state index is 0.212. The van der Waals surface area contributed by atoms with Crippen LogP contribution in [0, 0.1) is 0 Å². The molecule has 1 heterocycles. The number of para-hydroxylation sites is 2. The van der Waals surface area contributed by atoms with Gasteiger partial charge in [0.2, 0.25) is 5.95 Å². The normalized spacial score (nSPS) is 11.3.